The molecule has 1 fully saturated rings. The van der Waals surface area contributed by atoms with Gasteiger partial charge >= 0.3 is 0 Å². The molecule has 3 heteroatoms. The minimum Gasteiger partial charge on any atom is -0.314 e. The third-order valence-corrected chi connectivity index (χ3v) is 4.72. The van der Waals surface area contributed by atoms with Gasteiger partial charge in [0.25, 0.3) is 0 Å². The normalized spacial score (nSPS) is 22.8. The van der Waals surface area contributed by atoms with Gasteiger partial charge in [-0.2, -0.15) is 0 Å². The lowest BCUT2D eigenvalue weighted by molar-refractivity contribution is 0.409. The number of hydrogen-bond donors (Lipinski definition) is 1. The molecule has 100 valence electrons. The average molecular weight is 286 g/mol. The van der Waals surface area contributed by atoms with Gasteiger partial charge < -0.3 is 5.32 Å². The summed E-state index contributed by atoms with van der Waals surface area (Å²) >= 11 is 12.0. The van der Waals surface area contributed by atoms with Crippen molar-refractivity contribution >= 4 is 23.2 Å². The van der Waals surface area contributed by atoms with Crippen LogP contribution in [-0.2, 0) is 6.42 Å². The zero-order chi connectivity index (χ0) is 13.3. The highest BCUT2D eigenvalue weighted by Crippen LogP contribution is 2.54. The summed E-state index contributed by atoms with van der Waals surface area (Å²) in [5.74, 6) is 0.770. The predicted octanol–water partition coefficient (Wildman–Crippen LogP) is 4.56. The SMILES string of the molecule is CCNC(Cc1ccc(Cl)c(Cl)c1)C1CC1(C)C. The van der Waals surface area contributed by atoms with Crippen molar-refractivity contribution in [3.05, 3.63) is 33.8 Å². The molecule has 0 saturated heterocycles. The molecule has 2 atom stereocenters. The molecule has 1 aromatic rings. The molecular weight excluding hydrogens is 265 g/mol. The number of halogens is 2. The van der Waals surface area contributed by atoms with E-state index in [0.29, 0.717) is 21.5 Å². The molecule has 0 aromatic heterocycles. The predicted molar refractivity (Wildman–Crippen MR) is 79.5 cm³/mol. The second kappa shape index (κ2) is 5.40. The number of hydrogen-bond acceptors (Lipinski definition) is 1. The summed E-state index contributed by atoms with van der Waals surface area (Å²) < 4.78 is 0. The lowest BCUT2D eigenvalue weighted by Crippen LogP contribution is -2.34. The number of likely N-dealkylation sites (N-methyl/N-ethyl adjacent to an activating group) is 1. The number of benzene rings is 1. The van der Waals surface area contributed by atoms with Crippen LogP contribution in [0.5, 0.6) is 0 Å². The summed E-state index contributed by atoms with van der Waals surface area (Å²) in [6.07, 6.45) is 2.34. The van der Waals surface area contributed by atoms with Crippen molar-refractivity contribution in [2.75, 3.05) is 6.54 Å². The van der Waals surface area contributed by atoms with Crippen LogP contribution in [0.3, 0.4) is 0 Å². The molecule has 0 spiro atoms. The fraction of sp³-hybridized carbons (Fsp3) is 0.600. The van der Waals surface area contributed by atoms with Crippen molar-refractivity contribution in [3.8, 4) is 0 Å². The molecule has 0 heterocycles. The smallest absolute Gasteiger partial charge is 0.0595 e. The van der Waals surface area contributed by atoms with Crippen LogP contribution >= 0.6 is 23.2 Å². The molecule has 1 aliphatic rings. The summed E-state index contributed by atoms with van der Waals surface area (Å²) in [4.78, 5) is 0. The second-order valence-electron chi connectivity index (χ2n) is 5.92. The lowest BCUT2D eigenvalue weighted by atomic mass is 9.97. The van der Waals surface area contributed by atoms with E-state index in [2.05, 4.69) is 32.2 Å². The van der Waals surface area contributed by atoms with Gasteiger partial charge in [-0.3, -0.25) is 0 Å². The van der Waals surface area contributed by atoms with Gasteiger partial charge in [0, 0.05) is 6.04 Å². The Labute approximate surface area is 120 Å². The Hall–Kier alpha value is -0.240. The van der Waals surface area contributed by atoms with Crippen molar-refractivity contribution in [2.45, 2.75) is 39.7 Å². The molecular formula is C15H21Cl2N. The van der Waals surface area contributed by atoms with Gasteiger partial charge in [-0.25, -0.2) is 0 Å². The third kappa shape index (κ3) is 3.20. The van der Waals surface area contributed by atoms with E-state index in [9.17, 15) is 0 Å². The molecule has 0 amide bonds. The van der Waals surface area contributed by atoms with Gasteiger partial charge in [-0.1, -0.05) is 50.0 Å². The Bertz CT molecular complexity index is 429. The van der Waals surface area contributed by atoms with E-state index in [1.54, 1.807) is 0 Å². The Morgan fingerprint density at radius 2 is 2.00 bits per heavy atom. The van der Waals surface area contributed by atoms with E-state index in [4.69, 9.17) is 23.2 Å². The Morgan fingerprint density at radius 3 is 2.50 bits per heavy atom. The van der Waals surface area contributed by atoms with Crippen LogP contribution in [0.15, 0.2) is 18.2 Å². The Kier molecular flexibility index (Phi) is 4.25. The van der Waals surface area contributed by atoms with Gasteiger partial charge in [-0.15, -0.1) is 0 Å². The van der Waals surface area contributed by atoms with Crippen molar-refractivity contribution in [1.82, 2.24) is 5.32 Å². The zero-order valence-electron chi connectivity index (χ0n) is 11.3. The van der Waals surface area contributed by atoms with Crippen molar-refractivity contribution in [1.29, 1.82) is 0 Å². The second-order valence-corrected chi connectivity index (χ2v) is 6.73. The highest BCUT2D eigenvalue weighted by molar-refractivity contribution is 6.42. The molecule has 18 heavy (non-hydrogen) atoms. The first-order chi connectivity index (χ1) is 8.44. The summed E-state index contributed by atoms with van der Waals surface area (Å²) in [5, 5.41) is 4.89. The molecule has 0 bridgehead atoms. The van der Waals surface area contributed by atoms with Gasteiger partial charge in [0.05, 0.1) is 10.0 Å². The molecule has 1 aliphatic carbocycles. The summed E-state index contributed by atoms with van der Waals surface area (Å²) in [6.45, 7) is 7.86. The topological polar surface area (TPSA) is 12.0 Å². The third-order valence-electron chi connectivity index (χ3n) is 3.98. The highest BCUT2D eigenvalue weighted by Gasteiger charge is 2.49. The van der Waals surface area contributed by atoms with E-state index < -0.39 is 0 Å². The fourth-order valence-corrected chi connectivity index (χ4v) is 3.05. The van der Waals surface area contributed by atoms with Crippen molar-refractivity contribution < 1.29 is 0 Å². The van der Waals surface area contributed by atoms with Gasteiger partial charge in [0.1, 0.15) is 0 Å². The largest absolute Gasteiger partial charge is 0.314 e. The van der Waals surface area contributed by atoms with Crippen LogP contribution in [0.25, 0.3) is 0 Å². The first-order valence-electron chi connectivity index (χ1n) is 6.61. The Morgan fingerprint density at radius 1 is 1.33 bits per heavy atom. The van der Waals surface area contributed by atoms with E-state index in [-0.39, 0.29) is 0 Å². The summed E-state index contributed by atoms with van der Waals surface area (Å²) in [5.41, 5.74) is 1.75. The molecule has 1 nitrogen and oxygen atoms in total. The first kappa shape index (κ1) is 14.2. The van der Waals surface area contributed by atoms with E-state index >= 15 is 0 Å². The average Bonchev–Trinajstić information content (AvgIpc) is 2.92. The van der Waals surface area contributed by atoms with E-state index in [1.807, 2.05) is 12.1 Å². The first-order valence-corrected chi connectivity index (χ1v) is 7.37. The molecule has 1 aromatic carbocycles. The van der Waals surface area contributed by atoms with Crippen molar-refractivity contribution in [2.24, 2.45) is 11.3 Å². The van der Waals surface area contributed by atoms with Crippen LogP contribution in [-0.4, -0.2) is 12.6 Å². The maximum atomic E-state index is 6.07. The van der Waals surface area contributed by atoms with Crippen LogP contribution < -0.4 is 5.32 Å². The van der Waals surface area contributed by atoms with Crippen molar-refractivity contribution in [3.63, 3.8) is 0 Å². The van der Waals surface area contributed by atoms with Crippen LogP contribution in [0.4, 0.5) is 0 Å². The lowest BCUT2D eigenvalue weighted by Gasteiger charge is -2.20. The van der Waals surface area contributed by atoms with Crippen LogP contribution in [0.2, 0.25) is 10.0 Å². The number of nitrogens with one attached hydrogen (secondary N) is 1. The minimum atomic E-state index is 0.489. The monoisotopic (exact) mass is 285 g/mol. The summed E-state index contributed by atoms with van der Waals surface area (Å²) in [7, 11) is 0. The number of rotatable bonds is 5. The Balaban J connectivity index is 2.07. The van der Waals surface area contributed by atoms with Crippen LogP contribution in [0.1, 0.15) is 32.8 Å². The van der Waals surface area contributed by atoms with E-state index in [0.717, 1.165) is 18.9 Å². The molecule has 0 aliphatic heterocycles. The zero-order valence-corrected chi connectivity index (χ0v) is 12.8. The maximum absolute atomic E-state index is 6.07. The van der Waals surface area contributed by atoms with Gasteiger partial charge in [-0.05, 0) is 48.4 Å². The summed E-state index contributed by atoms with van der Waals surface area (Å²) in [6, 6.07) is 6.50. The minimum absolute atomic E-state index is 0.489. The fourth-order valence-electron chi connectivity index (χ4n) is 2.73. The molecule has 2 rings (SSSR count). The van der Waals surface area contributed by atoms with E-state index in [1.165, 1.54) is 12.0 Å². The maximum Gasteiger partial charge on any atom is 0.0595 e. The molecule has 2 unspecified atom stereocenters. The van der Waals surface area contributed by atoms with Gasteiger partial charge in [0.2, 0.25) is 0 Å². The van der Waals surface area contributed by atoms with Crippen LogP contribution in [0, 0.1) is 11.3 Å². The molecule has 0 radical (unpaired) electrons. The quantitative estimate of drug-likeness (QED) is 0.836. The standard InChI is InChI=1S/C15H21Cl2N/c1-4-18-14(11-9-15(11,2)3)8-10-5-6-12(16)13(17)7-10/h5-7,11,14,18H,4,8-9H2,1-3H3. The highest BCUT2D eigenvalue weighted by atomic mass is 35.5. The molecule has 1 N–H and O–H groups in total. The van der Waals surface area contributed by atoms with Gasteiger partial charge in [0.15, 0.2) is 0 Å². The molecule has 1 saturated carbocycles.